The molecule has 2 amide bonds. The molecule has 0 saturated carbocycles. The number of carbonyl (C=O) groups excluding carboxylic acids is 2. The van der Waals surface area contributed by atoms with Gasteiger partial charge in [-0.2, -0.15) is 0 Å². The molecule has 15 heavy (non-hydrogen) atoms. The van der Waals surface area contributed by atoms with Crippen LogP contribution in [0.1, 0.15) is 12.8 Å². The molecule has 2 rings (SSSR count). The quantitative estimate of drug-likeness (QED) is 0.463. The van der Waals surface area contributed by atoms with Crippen LogP contribution in [0.4, 0.5) is 0 Å². The Hall–Kier alpha value is -1.14. The molecule has 6 nitrogen and oxygen atoms in total. The number of hydrogen-bond acceptors (Lipinski definition) is 4. The van der Waals surface area contributed by atoms with Crippen molar-refractivity contribution in [1.29, 1.82) is 0 Å². The lowest BCUT2D eigenvalue weighted by Crippen LogP contribution is -2.43. The second-order valence-electron chi connectivity index (χ2n) is 4.04. The van der Waals surface area contributed by atoms with Crippen LogP contribution in [0.3, 0.4) is 0 Å². The smallest absolute Gasteiger partial charge is 0.245 e. The minimum atomic E-state index is -0.869. The Morgan fingerprint density at radius 3 is 2.40 bits per heavy atom. The van der Waals surface area contributed by atoms with Gasteiger partial charge < -0.3 is 20.4 Å². The van der Waals surface area contributed by atoms with Crippen molar-refractivity contribution in [2.75, 3.05) is 13.1 Å². The van der Waals surface area contributed by atoms with E-state index in [9.17, 15) is 19.8 Å². The zero-order chi connectivity index (χ0) is 11.0. The number of nitrogens with zero attached hydrogens (tertiary/aromatic N) is 1. The highest BCUT2D eigenvalue weighted by atomic mass is 16.3. The first-order valence-corrected chi connectivity index (χ1v) is 5.02. The van der Waals surface area contributed by atoms with Crippen LogP contribution in [0.25, 0.3) is 0 Å². The van der Waals surface area contributed by atoms with Crippen molar-refractivity contribution in [1.82, 2.24) is 10.2 Å². The first kappa shape index (κ1) is 10.4. The normalized spacial score (nSPS) is 35.7. The van der Waals surface area contributed by atoms with Crippen LogP contribution < -0.4 is 5.32 Å². The van der Waals surface area contributed by atoms with Crippen LogP contribution in [0.5, 0.6) is 0 Å². The van der Waals surface area contributed by atoms with Crippen LogP contribution >= 0.6 is 0 Å². The van der Waals surface area contributed by atoms with Gasteiger partial charge in [0.05, 0.1) is 12.2 Å². The average molecular weight is 214 g/mol. The molecule has 2 aliphatic rings. The molecule has 2 aliphatic heterocycles. The van der Waals surface area contributed by atoms with E-state index in [-0.39, 0.29) is 24.9 Å². The molecule has 84 valence electrons. The highest BCUT2D eigenvalue weighted by Crippen LogP contribution is 2.15. The van der Waals surface area contributed by atoms with E-state index in [2.05, 4.69) is 5.32 Å². The van der Waals surface area contributed by atoms with E-state index < -0.39 is 18.2 Å². The van der Waals surface area contributed by atoms with Crippen LogP contribution in [0, 0.1) is 0 Å². The molecule has 3 atom stereocenters. The molecular formula is C9H14N2O4. The van der Waals surface area contributed by atoms with Gasteiger partial charge in [-0.15, -0.1) is 0 Å². The second-order valence-corrected chi connectivity index (χ2v) is 4.04. The fourth-order valence-electron chi connectivity index (χ4n) is 1.97. The van der Waals surface area contributed by atoms with Crippen molar-refractivity contribution >= 4 is 11.8 Å². The summed E-state index contributed by atoms with van der Waals surface area (Å²) in [7, 11) is 0. The Morgan fingerprint density at radius 1 is 1.33 bits per heavy atom. The van der Waals surface area contributed by atoms with E-state index in [1.165, 1.54) is 4.90 Å². The Kier molecular flexibility index (Phi) is 2.62. The van der Waals surface area contributed by atoms with Crippen molar-refractivity contribution in [3.8, 4) is 0 Å². The number of aliphatic hydroxyl groups is 2. The zero-order valence-electron chi connectivity index (χ0n) is 8.22. The molecule has 0 radical (unpaired) electrons. The Labute approximate surface area is 86.9 Å². The van der Waals surface area contributed by atoms with E-state index in [4.69, 9.17) is 0 Å². The molecule has 0 bridgehead atoms. The molecule has 0 aromatic heterocycles. The lowest BCUT2D eigenvalue weighted by Gasteiger charge is -2.19. The maximum Gasteiger partial charge on any atom is 0.245 e. The third-order valence-corrected chi connectivity index (χ3v) is 2.86. The topological polar surface area (TPSA) is 89.9 Å². The number of rotatable bonds is 1. The van der Waals surface area contributed by atoms with Crippen LogP contribution in [0.15, 0.2) is 0 Å². The van der Waals surface area contributed by atoms with Crippen molar-refractivity contribution in [2.24, 2.45) is 0 Å². The lowest BCUT2D eigenvalue weighted by molar-refractivity contribution is -0.133. The monoisotopic (exact) mass is 214 g/mol. The number of hydrogen-bond donors (Lipinski definition) is 3. The molecule has 2 saturated heterocycles. The summed E-state index contributed by atoms with van der Waals surface area (Å²) >= 11 is 0. The SMILES string of the molecule is O=C1CC[C@H](C(=O)N2CC(O)C(O)C2)N1. The summed E-state index contributed by atoms with van der Waals surface area (Å²) in [6.45, 7) is 0.290. The number of amides is 2. The predicted molar refractivity (Wildman–Crippen MR) is 49.8 cm³/mol. The molecule has 0 spiro atoms. The number of β-amino-alcohol motifs (C(OH)–C–C–N with tert-alkyl or cyclic N) is 2. The minimum absolute atomic E-state index is 0.117. The zero-order valence-corrected chi connectivity index (χ0v) is 8.22. The highest BCUT2D eigenvalue weighted by Gasteiger charge is 2.37. The Morgan fingerprint density at radius 2 is 1.93 bits per heavy atom. The standard InChI is InChI=1S/C9H14N2O4/c12-6-3-11(4-7(6)13)9(15)5-1-2-8(14)10-5/h5-7,12-13H,1-4H2,(H,10,14)/t5-,6?,7?/m1/s1. The summed E-state index contributed by atoms with van der Waals surface area (Å²) in [5.74, 6) is -0.329. The summed E-state index contributed by atoms with van der Waals surface area (Å²) in [5, 5.41) is 21.1. The number of likely N-dealkylation sites (tertiary alicyclic amines) is 1. The summed E-state index contributed by atoms with van der Waals surface area (Å²) in [6.07, 6.45) is -0.868. The predicted octanol–water partition coefficient (Wildman–Crippen LogP) is -2.17. The van der Waals surface area contributed by atoms with E-state index >= 15 is 0 Å². The third kappa shape index (κ3) is 1.95. The van der Waals surface area contributed by atoms with Gasteiger partial charge in [0, 0.05) is 19.5 Å². The van der Waals surface area contributed by atoms with Gasteiger partial charge in [0.15, 0.2) is 0 Å². The summed E-state index contributed by atoms with van der Waals surface area (Å²) in [5.41, 5.74) is 0. The number of carbonyl (C=O) groups is 2. The van der Waals surface area contributed by atoms with Crippen LogP contribution in [-0.2, 0) is 9.59 Å². The maximum absolute atomic E-state index is 11.8. The fourth-order valence-corrected chi connectivity index (χ4v) is 1.97. The third-order valence-electron chi connectivity index (χ3n) is 2.86. The van der Waals surface area contributed by atoms with Gasteiger partial charge in [0.2, 0.25) is 11.8 Å². The van der Waals surface area contributed by atoms with Crippen molar-refractivity contribution < 1.29 is 19.8 Å². The van der Waals surface area contributed by atoms with Crippen molar-refractivity contribution in [2.45, 2.75) is 31.1 Å². The van der Waals surface area contributed by atoms with Gasteiger partial charge in [-0.3, -0.25) is 9.59 Å². The average Bonchev–Trinajstić information content (AvgIpc) is 2.74. The Bertz CT molecular complexity index is 284. The van der Waals surface area contributed by atoms with E-state index in [0.717, 1.165) is 0 Å². The first-order valence-electron chi connectivity index (χ1n) is 5.02. The summed E-state index contributed by atoms with van der Waals surface area (Å²) in [4.78, 5) is 24.1. The highest BCUT2D eigenvalue weighted by molar-refractivity contribution is 5.91. The van der Waals surface area contributed by atoms with E-state index in [1.54, 1.807) is 0 Å². The molecular weight excluding hydrogens is 200 g/mol. The fraction of sp³-hybridized carbons (Fsp3) is 0.778. The molecule has 0 aromatic carbocycles. The largest absolute Gasteiger partial charge is 0.388 e. The summed E-state index contributed by atoms with van der Waals surface area (Å²) in [6, 6.07) is -0.477. The summed E-state index contributed by atoms with van der Waals surface area (Å²) < 4.78 is 0. The van der Waals surface area contributed by atoms with Crippen LogP contribution in [0.2, 0.25) is 0 Å². The Balaban J connectivity index is 1.94. The van der Waals surface area contributed by atoms with E-state index in [1.807, 2.05) is 0 Å². The second kappa shape index (κ2) is 3.79. The van der Waals surface area contributed by atoms with Gasteiger partial charge >= 0.3 is 0 Å². The van der Waals surface area contributed by atoms with Gasteiger partial charge in [0.1, 0.15) is 6.04 Å². The molecule has 2 unspecified atom stereocenters. The lowest BCUT2D eigenvalue weighted by atomic mass is 10.2. The van der Waals surface area contributed by atoms with Crippen molar-refractivity contribution in [3.63, 3.8) is 0 Å². The maximum atomic E-state index is 11.8. The number of nitrogens with one attached hydrogen (secondary N) is 1. The van der Waals surface area contributed by atoms with Gasteiger partial charge in [-0.25, -0.2) is 0 Å². The van der Waals surface area contributed by atoms with Gasteiger partial charge in [0.25, 0.3) is 0 Å². The molecule has 3 N–H and O–H groups in total. The molecule has 2 fully saturated rings. The van der Waals surface area contributed by atoms with Crippen LogP contribution in [-0.4, -0.2) is 58.3 Å². The van der Waals surface area contributed by atoms with Crippen molar-refractivity contribution in [3.05, 3.63) is 0 Å². The van der Waals surface area contributed by atoms with Gasteiger partial charge in [-0.05, 0) is 6.42 Å². The van der Waals surface area contributed by atoms with E-state index in [0.29, 0.717) is 12.8 Å². The molecule has 0 aliphatic carbocycles. The molecule has 0 aromatic rings. The number of aliphatic hydroxyl groups excluding tert-OH is 2. The first-order chi connectivity index (χ1) is 7.08. The van der Waals surface area contributed by atoms with Gasteiger partial charge in [-0.1, -0.05) is 0 Å². The molecule has 2 heterocycles. The minimum Gasteiger partial charge on any atom is -0.388 e. The molecule has 6 heteroatoms.